The van der Waals surface area contributed by atoms with Crippen molar-refractivity contribution in [3.8, 4) is 5.75 Å². The van der Waals surface area contributed by atoms with Gasteiger partial charge in [-0.1, -0.05) is 29.3 Å². The number of benzene rings is 1. The number of methoxy groups -OCH3 is 1. The Hall–Kier alpha value is -0.580. The fraction of sp³-hybridized carbons (Fsp3) is 0.625. The van der Waals surface area contributed by atoms with Gasteiger partial charge in [-0.2, -0.15) is 0 Å². The minimum Gasteiger partial charge on any atom is -0.497 e. The zero-order valence-corrected chi connectivity index (χ0v) is 14.0. The zero-order chi connectivity index (χ0) is 14.5. The summed E-state index contributed by atoms with van der Waals surface area (Å²) in [6.07, 6.45) is 5.07. The van der Waals surface area contributed by atoms with Crippen molar-refractivity contribution in [3.05, 3.63) is 28.2 Å². The average Bonchev–Trinajstić information content (AvgIpc) is 3.29. The number of unbranched alkanes of at least 4 members (excludes halogenated alkanes) is 1. The molecule has 0 saturated heterocycles. The lowest BCUT2D eigenvalue weighted by Crippen LogP contribution is -2.36. The molecule has 1 fully saturated rings. The molecule has 0 bridgehead atoms. The smallest absolute Gasteiger partial charge is 0.119 e. The Labute approximate surface area is 130 Å². The molecule has 2 N–H and O–H groups in total. The Bertz CT molecular complexity index is 434. The van der Waals surface area contributed by atoms with E-state index in [1.165, 1.54) is 31.2 Å². The van der Waals surface area contributed by atoms with E-state index in [1.54, 1.807) is 7.11 Å². The van der Waals surface area contributed by atoms with Crippen LogP contribution in [0.15, 0.2) is 22.7 Å². The van der Waals surface area contributed by atoms with Gasteiger partial charge in [-0.05, 0) is 49.6 Å². The van der Waals surface area contributed by atoms with Crippen LogP contribution in [-0.2, 0) is 0 Å². The van der Waals surface area contributed by atoms with E-state index < -0.39 is 0 Å². The lowest BCUT2D eigenvalue weighted by molar-refractivity contribution is 0.187. The second kappa shape index (κ2) is 7.43. The van der Waals surface area contributed by atoms with E-state index in [1.807, 2.05) is 6.07 Å². The Kier molecular flexibility index (Phi) is 5.87. The Morgan fingerprint density at radius 2 is 2.20 bits per heavy atom. The first kappa shape index (κ1) is 15.8. The van der Waals surface area contributed by atoms with Crippen molar-refractivity contribution in [2.45, 2.75) is 44.7 Å². The second-order valence-electron chi connectivity index (χ2n) is 5.46. The normalized spacial score (nSPS) is 16.4. The molecule has 2 rings (SSSR count). The fourth-order valence-electron chi connectivity index (χ4n) is 2.68. The van der Waals surface area contributed by atoms with Crippen LogP contribution in [0.4, 0.5) is 0 Å². The molecule has 0 heterocycles. The lowest BCUT2D eigenvalue weighted by Gasteiger charge is -2.32. The number of hydrogen-bond acceptors (Lipinski definition) is 3. The van der Waals surface area contributed by atoms with Crippen LogP contribution in [-0.4, -0.2) is 31.1 Å². The van der Waals surface area contributed by atoms with Crippen LogP contribution in [0.1, 0.15) is 44.2 Å². The van der Waals surface area contributed by atoms with Crippen LogP contribution >= 0.6 is 15.9 Å². The van der Waals surface area contributed by atoms with Gasteiger partial charge in [0.2, 0.25) is 0 Å². The molecule has 0 spiro atoms. The van der Waals surface area contributed by atoms with Crippen molar-refractivity contribution in [1.29, 1.82) is 0 Å². The molecule has 1 aliphatic rings. The van der Waals surface area contributed by atoms with Crippen LogP contribution in [0.5, 0.6) is 5.75 Å². The Morgan fingerprint density at radius 3 is 2.75 bits per heavy atom. The molecule has 20 heavy (non-hydrogen) atoms. The average molecular weight is 341 g/mol. The van der Waals surface area contributed by atoms with Crippen molar-refractivity contribution < 1.29 is 4.74 Å². The maximum absolute atomic E-state index is 6.10. The SMILES string of the molecule is CCCCN(C1CC1)C(CN)c1cc(OC)ccc1Br. The Balaban J connectivity index is 2.24. The fourth-order valence-corrected chi connectivity index (χ4v) is 3.20. The van der Waals surface area contributed by atoms with Crippen molar-refractivity contribution in [3.63, 3.8) is 0 Å². The highest BCUT2D eigenvalue weighted by Gasteiger charge is 2.34. The molecule has 112 valence electrons. The third-order valence-corrected chi connectivity index (χ3v) is 4.69. The summed E-state index contributed by atoms with van der Waals surface area (Å²) in [5.74, 6) is 0.896. The predicted octanol–water partition coefficient (Wildman–Crippen LogP) is 3.72. The van der Waals surface area contributed by atoms with Crippen LogP contribution in [0.2, 0.25) is 0 Å². The number of halogens is 1. The molecule has 1 aliphatic carbocycles. The van der Waals surface area contributed by atoms with E-state index in [9.17, 15) is 0 Å². The summed E-state index contributed by atoms with van der Waals surface area (Å²) in [5, 5.41) is 0. The number of nitrogens with zero attached hydrogens (tertiary/aromatic N) is 1. The van der Waals surface area contributed by atoms with Crippen molar-refractivity contribution in [1.82, 2.24) is 4.90 Å². The molecule has 1 unspecified atom stereocenters. The molecule has 0 aliphatic heterocycles. The molecule has 4 heteroatoms. The number of hydrogen-bond donors (Lipinski definition) is 1. The summed E-state index contributed by atoms with van der Waals surface area (Å²) in [7, 11) is 1.71. The van der Waals surface area contributed by atoms with E-state index in [0.29, 0.717) is 12.6 Å². The topological polar surface area (TPSA) is 38.5 Å². The van der Waals surface area contributed by atoms with E-state index in [-0.39, 0.29) is 6.04 Å². The van der Waals surface area contributed by atoms with Gasteiger partial charge in [0.15, 0.2) is 0 Å². The van der Waals surface area contributed by atoms with E-state index >= 15 is 0 Å². The third-order valence-electron chi connectivity index (χ3n) is 3.97. The molecule has 0 amide bonds. The van der Waals surface area contributed by atoms with Crippen LogP contribution in [0, 0.1) is 0 Å². The van der Waals surface area contributed by atoms with Crippen LogP contribution in [0.3, 0.4) is 0 Å². The molecule has 3 nitrogen and oxygen atoms in total. The lowest BCUT2D eigenvalue weighted by atomic mass is 10.0. The highest BCUT2D eigenvalue weighted by molar-refractivity contribution is 9.10. The van der Waals surface area contributed by atoms with Crippen LogP contribution < -0.4 is 10.5 Å². The van der Waals surface area contributed by atoms with Gasteiger partial charge in [0.25, 0.3) is 0 Å². The van der Waals surface area contributed by atoms with E-state index in [2.05, 4.69) is 39.9 Å². The molecule has 1 aromatic carbocycles. The van der Waals surface area contributed by atoms with Crippen molar-refractivity contribution in [2.24, 2.45) is 5.73 Å². The molecule has 0 aromatic heterocycles. The van der Waals surface area contributed by atoms with E-state index in [0.717, 1.165) is 16.8 Å². The van der Waals surface area contributed by atoms with Gasteiger partial charge in [0.1, 0.15) is 5.75 Å². The third kappa shape index (κ3) is 3.74. The highest BCUT2D eigenvalue weighted by atomic mass is 79.9. The first-order valence-electron chi connectivity index (χ1n) is 7.50. The summed E-state index contributed by atoms with van der Waals surface area (Å²) < 4.78 is 6.48. The Morgan fingerprint density at radius 1 is 1.45 bits per heavy atom. The minimum atomic E-state index is 0.276. The number of nitrogens with two attached hydrogens (primary N) is 1. The zero-order valence-electron chi connectivity index (χ0n) is 12.4. The van der Waals surface area contributed by atoms with Gasteiger partial charge in [0, 0.05) is 23.1 Å². The first-order valence-corrected chi connectivity index (χ1v) is 8.29. The standard InChI is InChI=1S/C16H25BrN2O/c1-3-4-9-19(12-5-6-12)16(11-18)14-10-13(20-2)7-8-15(14)17/h7-8,10,12,16H,3-6,9,11,18H2,1-2H3. The van der Waals surface area contributed by atoms with Crippen molar-refractivity contribution >= 4 is 15.9 Å². The molecular weight excluding hydrogens is 316 g/mol. The second-order valence-corrected chi connectivity index (χ2v) is 6.32. The molecule has 1 aromatic rings. The molecule has 1 saturated carbocycles. The summed E-state index contributed by atoms with van der Waals surface area (Å²) >= 11 is 3.67. The minimum absolute atomic E-state index is 0.276. The number of ether oxygens (including phenoxy) is 1. The largest absolute Gasteiger partial charge is 0.497 e. The summed E-state index contributed by atoms with van der Waals surface area (Å²) in [6.45, 7) is 4.02. The van der Waals surface area contributed by atoms with Gasteiger partial charge in [-0.15, -0.1) is 0 Å². The summed E-state index contributed by atoms with van der Waals surface area (Å²) in [5.41, 5.74) is 7.35. The van der Waals surface area contributed by atoms with Gasteiger partial charge < -0.3 is 10.5 Å². The van der Waals surface area contributed by atoms with Crippen LogP contribution in [0.25, 0.3) is 0 Å². The number of rotatable bonds is 8. The monoisotopic (exact) mass is 340 g/mol. The highest BCUT2D eigenvalue weighted by Crippen LogP contribution is 2.37. The van der Waals surface area contributed by atoms with E-state index in [4.69, 9.17) is 10.5 Å². The molecule has 1 atom stereocenters. The van der Waals surface area contributed by atoms with Gasteiger partial charge in [-0.25, -0.2) is 0 Å². The van der Waals surface area contributed by atoms with Gasteiger partial charge in [0.05, 0.1) is 7.11 Å². The quantitative estimate of drug-likeness (QED) is 0.783. The summed E-state index contributed by atoms with van der Waals surface area (Å²) in [4.78, 5) is 2.59. The maximum Gasteiger partial charge on any atom is 0.119 e. The molecule has 0 radical (unpaired) electrons. The van der Waals surface area contributed by atoms with Gasteiger partial charge in [-0.3, -0.25) is 4.90 Å². The maximum atomic E-state index is 6.10. The summed E-state index contributed by atoms with van der Waals surface area (Å²) in [6, 6.07) is 7.14. The first-order chi connectivity index (χ1) is 9.71. The van der Waals surface area contributed by atoms with Crippen molar-refractivity contribution in [2.75, 3.05) is 20.2 Å². The predicted molar refractivity (Wildman–Crippen MR) is 87.1 cm³/mol. The van der Waals surface area contributed by atoms with Gasteiger partial charge >= 0.3 is 0 Å². The molecular formula is C16H25BrN2O.